The maximum atomic E-state index is 5.06. The van der Waals surface area contributed by atoms with E-state index in [2.05, 4.69) is 84.9 Å². The molecule has 0 aliphatic rings. The molecule has 0 aliphatic heterocycles. The summed E-state index contributed by atoms with van der Waals surface area (Å²) in [6.07, 6.45) is 0. The van der Waals surface area contributed by atoms with E-state index < -0.39 is 0 Å². The largest absolute Gasteiger partial charge is 0.235 e. The predicted molar refractivity (Wildman–Crippen MR) is 194 cm³/mol. The van der Waals surface area contributed by atoms with E-state index in [0.717, 1.165) is 40.7 Å². The zero-order valence-electron chi connectivity index (χ0n) is 22.5. The maximum Gasteiger partial charge on any atom is 0.135 e. The number of thiazole rings is 4. The first-order valence-electron chi connectivity index (χ1n) is 13.8. The minimum absolute atomic E-state index is 1.04. The third kappa shape index (κ3) is 4.17. The normalized spacial score (nSPS) is 12.1. The van der Waals surface area contributed by atoms with Crippen molar-refractivity contribution in [3.05, 3.63) is 97.1 Å². The zero-order valence-corrected chi connectivity index (χ0v) is 27.4. The summed E-state index contributed by atoms with van der Waals surface area (Å²) in [4.78, 5) is 24.5. The Bertz CT molecular complexity index is 2360. The number of benzene rings is 4. The molecule has 10 rings (SSSR count). The zero-order chi connectivity index (χ0) is 28.8. The molecule has 208 valence electrons. The molecule has 0 spiro atoms. The van der Waals surface area contributed by atoms with Crippen LogP contribution in [0.5, 0.6) is 0 Å². The van der Waals surface area contributed by atoms with Crippen molar-refractivity contribution >= 4 is 118 Å². The Hall–Kier alpha value is -3.90. The van der Waals surface area contributed by atoms with E-state index in [9.17, 15) is 0 Å². The Morgan fingerprint density at radius 3 is 1.23 bits per heavy atom. The van der Waals surface area contributed by atoms with E-state index >= 15 is 0 Å². The Morgan fingerprint density at radius 1 is 0.364 bits per heavy atom. The molecule has 0 saturated carbocycles. The summed E-state index contributed by atoms with van der Waals surface area (Å²) in [6, 6.07) is 34.3. The summed E-state index contributed by atoms with van der Waals surface area (Å²) in [7, 11) is 0. The van der Waals surface area contributed by atoms with Gasteiger partial charge in [-0.2, -0.15) is 0 Å². The van der Waals surface area contributed by atoms with Crippen molar-refractivity contribution in [3.8, 4) is 40.9 Å². The van der Waals surface area contributed by atoms with Crippen molar-refractivity contribution in [1.29, 1.82) is 0 Å². The van der Waals surface area contributed by atoms with Crippen LogP contribution in [0.2, 0.25) is 0 Å². The Labute approximate surface area is 274 Å². The Balaban J connectivity index is 0.982. The summed E-state index contributed by atoms with van der Waals surface area (Å²) in [6.45, 7) is 0. The van der Waals surface area contributed by atoms with Gasteiger partial charge in [-0.15, -0.1) is 68.0 Å². The highest BCUT2D eigenvalue weighted by Crippen LogP contribution is 2.44. The minimum Gasteiger partial charge on any atom is -0.235 e. The fraction of sp³-hybridized carbons (Fsp3) is 0. The first-order chi connectivity index (χ1) is 21.7. The molecule has 0 radical (unpaired) electrons. The predicted octanol–water partition coefficient (Wildman–Crippen LogP) is 12.1. The number of thiophene rings is 2. The van der Waals surface area contributed by atoms with Gasteiger partial charge in [0.2, 0.25) is 0 Å². The van der Waals surface area contributed by atoms with E-state index in [1.165, 1.54) is 50.5 Å². The average Bonchev–Trinajstić information content (AvgIpc) is 3.88. The SMILES string of the molecule is c1ccc(-c2nc3sc(-c4nc5cc6cc7sc(-c8cc9sc(-c%10ccccc%10)nc9s8)nc7cc6cc5s4)cc3s2)cc1. The van der Waals surface area contributed by atoms with Gasteiger partial charge in [0.05, 0.1) is 39.6 Å². The molecule has 0 bridgehead atoms. The molecule has 6 aromatic heterocycles. The minimum atomic E-state index is 1.04. The fourth-order valence-corrected chi connectivity index (χ4v) is 11.9. The van der Waals surface area contributed by atoms with Crippen LogP contribution in [-0.4, -0.2) is 19.9 Å². The van der Waals surface area contributed by atoms with E-state index in [0.29, 0.717) is 0 Å². The molecule has 0 fully saturated rings. The van der Waals surface area contributed by atoms with Crippen LogP contribution in [0.25, 0.3) is 91.2 Å². The van der Waals surface area contributed by atoms with Crippen molar-refractivity contribution in [2.24, 2.45) is 0 Å². The standard InChI is InChI=1S/C34H16N4S6/c1-3-7-17(8-4-1)29-37-33-27(41-29)15-25(43-33)31-35-21-11-19-14-24-22(12-20(19)13-23(21)39-31)36-32(40-24)26-16-28-34(44-26)38-30(42-28)18-9-5-2-6-10-18/h1-16H. The molecule has 4 aromatic carbocycles. The van der Waals surface area contributed by atoms with Crippen LogP contribution in [0.4, 0.5) is 0 Å². The lowest BCUT2D eigenvalue weighted by Gasteiger charge is -1.97. The molecular formula is C34H16N4S6. The average molecular weight is 673 g/mol. The van der Waals surface area contributed by atoms with Crippen molar-refractivity contribution in [2.75, 3.05) is 0 Å². The van der Waals surface area contributed by atoms with Crippen molar-refractivity contribution in [2.45, 2.75) is 0 Å². The summed E-state index contributed by atoms with van der Waals surface area (Å²) in [5.74, 6) is 0. The van der Waals surface area contributed by atoms with Gasteiger partial charge in [-0.05, 0) is 47.2 Å². The number of hydrogen-bond acceptors (Lipinski definition) is 10. The van der Waals surface area contributed by atoms with E-state index in [1.54, 1.807) is 68.0 Å². The van der Waals surface area contributed by atoms with Gasteiger partial charge in [0, 0.05) is 11.1 Å². The highest BCUT2D eigenvalue weighted by molar-refractivity contribution is 7.33. The summed E-state index contributed by atoms with van der Waals surface area (Å²) >= 11 is 10.4. The lowest BCUT2D eigenvalue weighted by Crippen LogP contribution is -1.76. The molecule has 0 N–H and O–H groups in total. The maximum absolute atomic E-state index is 5.06. The van der Waals surface area contributed by atoms with Crippen molar-refractivity contribution in [1.82, 2.24) is 19.9 Å². The second-order valence-corrected chi connectivity index (χ2v) is 16.5. The molecule has 0 atom stereocenters. The van der Waals surface area contributed by atoms with Crippen LogP contribution in [0, 0.1) is 0 Å². The van der Waals surface area contributed by atoms with Gasteiger partial charge < -0.3 is 0 Å². The molecule has 0 amide bonds. The molecule has 4 nitrogen and oxygen atoms in total. The first-order valence-corrected chi connectivity index (χ1v) is 18.7. The van der Waals surface area contributed by atoms with Crippen LogP contribution in [-0.2, 0) is 0 Å². The smallest absolute Gasteiger partial charge is 0.135 e. The molecule has 44 heavy (non-hydrogen) atoms. The van der Waals surface area contributed by atoms with E-state index in [-0.39, 0.29) is 0 Å². The van der Waals surface area contributed by atoms with Gasteiger partial charge in [0.15, 0.2) is 0 Å². The molecule has 10 heteroatoms. The molecular weight excluding hydrogens is 657 g/mol. The lowest BCUT2D eigenvalue weighted by molar-refractivity contribution is 1.50. The van der Waals surface area contributed by atoms with Gasteiger partial charge in [-0.25, -0.2) is 19.9 Å². The molecule has 6 heterocycles. The number of hydrogen-bond donors (Lipinski definition) is 0. The summed E-state index contributed by atoms with van der Waals surface area (Å²) < 4.78 is 4.81. The Morgan fingerprint density at radius 2 is 0.795 bits per heavy atom. The van der Waals surface area contributed by atoms with Gasteiger partial charge in [0.1, 0.15) is 29.7 Å². The van der Waals surface area contributed by atoms with Gasteiger partial charge >= 0.3 is 0 Å². The van der Waals surface area contributed by atoms with Crippen LogP contribution in [0.3, 0.4) is 0 Å². The van der Waals surface area contributed by atoms with Crippen LogP contribution >= 0.6 is 68.0 Å². The number of fused-ring (bicyclic) bond motifs is 5. The fourth-order valence-electron chi connectivity index (χ4n) is 5.39. The summed E-state index contributed by atoms with van der Waals surface area (Å²) in [5.41, 5.74) is 4.41. The quantitative estimate of drug-likeness (QED) is 0.187. The van der Waals surface area contributed by atoms with E-state index in [4.69, 9.17) is 19.9 Å². The third-order valence-electron chi connectivity index (χ3n) is 7.49. The summed E-state index contributed by atoms with van der Waals surface area (Å²) in [5, 5.41) is 6.63. The second kappa shape index (κ2) is 9.80. The number of aromatic nitrogens is 4. The third-order valence-corrected chi connectivity index (χ3v) is 14.3. The number of rotatable bonds is 4. The van der Waals surface area contributed by atoms with Crippen molar-refractivity contribution < 1.29 is 0 Å². The first kappa shape index (κ1) is 25.4. The highest BCUT2D eigenvalue weighted by Gasteiger charge is 2.17. The molecule has 0 unspecified atom stereocenters. The Kier molecular flexibility index (Phi) is 5.66. The van der Waals surface area contributed by atoms with Gasteiger partial charge in [-0.3, -0.25) is 0 Å². The van der Waals surface area contributed by atoms with Crippen LogP contribution in [0.1, 0.15) is 0 Å². The van der Waals surface area contributed by atoms with Crippen molar-refractivity contribution in [3.63, 3.8) is 0 Å². The number of nitrogens with zero attached hydrogens (tertiary/aromatic N) is 4. The van der Waals surface area contributed by atoms with Crippen LogP contribution < -0.4 is 0 Å². The second-order valence-electron chi connectivity index (χ2n) is 10.4. The topological polar surface area (TPSA) is 51.6 Å². The van der Waals surface area contributed by atoms with Crippen LogP contribution in [0.15, 0.2) is 97.1 Å². The van der Waals surface area contributed by atoms with Gasteiger partial charge in [0.25, 0.3) is 0 Å². The molecule has 0 saturated heterocycles. The highest BCUT2D eigenvalue weighted by atomic mass is 32.1. The molecule has 10 aromatic rings. The monoisotopic (exact) mass is 672 g/mol. The molecule has 0 aliphatic carbocycles. The lowest BCUT2D eigenvalue weighted by atomic mass is 10.1. The van der Waals surface area contributed by atoms with E-state index in [1.807, 2.05) is 12.1 Å². The van der Waals surface area contributed by atoms with Gasteiger partial charge in [-0.1, -0.05) is 60.7 Å².